The van der Waals surface area contributed by atoms with E-state index in [2.05, 4.69) is 0 Å². The first-order chi connectivity index (χ1) is 12.5. The molecule has 0 unspecified atom stereocenters. The fourth-order valence-electron chi connectivity index (χ4n) is 2.51. The van der Waals surface area contributed by atoms with E-state index in [-0.39, 0.29) is 12.3 Å². The summed E-state index contributed by atoms with van der Waals surface area (Å²) in [6.07, 6.45) is 3.96. The van der Waals surface area contributed by atoms with E-state index < -0.39 is 5.97 Å². The number of rotatable bonds is 9. The number of carbonyl (C=O) groups is 2. The summed E-state index contributed by atoms with van der Waals surface area (Å²) in [6, 6.07) is 5.38. The van der Waals surface area contributed by atoms with Crippen molar-refractivity contribution in [1.82, 2.24) is 4.90 Å². The van der Waals surface area contributed by atoms with Gasteiger partial charge in [0.15, 0.2) is 0 Å². The minimum atomic E-state index is -0.800. The summed E-state index contributed by atoms with van der Waals surface area (Å²) in [5.41, 5.74) is 0.744. The van der Waals surface area contributed by atoms with Gasteiger partial charge in [0.2, 0.25) is 0 Å². The molecular formula is C18H21NO5S2. The van der Waals surface area contributed by atoms with E-state index in [0.29, 0.717) is 33.7 Å². The predicted octanol–water partition coefficient (Wildman–Crippen LogP) is 3.55. The van der Waals surface area contributed by atoms with Crippen molar-refractivity contribution < 1.29 is 24.2 Å². The van der Waals surface area contributed by atoms with Gasteiger partial charge >= 0.3 is 5.97 Å². The van der Waals surface area contributed by atoms with Crippen LogP contribution in [0, 0.1) is 0 Å². The summed E-state index contributed by atoms with van der Waals surface area (Å²) < 4.78 is 11.1. The molecule has 1 amide bonds. The highest BCUT2D eigenvalue weighted by atomic mass is 32.2. The molecule has 1 aromatic carbocycles. The zero-order valence-electron chi connectivity index (χ0n) is 14.7. The Bertz CT molecular complexity index is 732. The van der Waals surface area contributed by atoms with Gasteiger partial charge in [0.1, 0.15) is 15.8 Å². The Labute approximate surface area is 162 Å². The lowest BCUT2D eigenvalue weighted by molar-refractivity contribution is -0.137. The normalized spacial score (nSPS) is 15.6. The molecule has 1 aliphatic rings. The standard InChI is InChI=1S/C18H21NO5S2/c1-23-13-7-8-14(24-2)12(10-13)11-15-17(22)19(18(25)26-15)9-5-3-4-6-16(20)21/h7-8,10-11H,3-6,9H2,1-2H3,(H,20,21)/b15-11-. The van der Waals surface area contributed by atoms with Crippen LogP contribution < -0.4 is 9.47 Å². The molecule has 1 aromatic rings. The van der Waals surface area contributed by atoms with Gasteiger partial charge in [0.05, 0.1) is 19.1 Å². The number of unbranched alkanes of at least 4 members (excludes halogenated alkanes) is 2. The minimum Gasteiger partial charge on any atom is -0.497 e. The first-order valence-electron chi connectivity index (χ1n) is 8.15. The number of nitrogens with zero attached hydrogens (tertiary/aromatic N) is 1. The second kappa shape index (κ2) is 9.59. The summed E-state index contributed by atoms with van der Waals surface area (Å²) in [4.78, 5) is 25.3. The predicted molar refractivity (Wildman–Crippen MR) is 106 cm³/mol. The molecule has 1 fully saturated rings. The smallest absolute Gasteiger partial charge is 0.303 e. The van der Waals surface area contributed by atoms with Gasteiger partial charge in [-0.2, -0.15) is 0 Å². The number of aliphatic carboxylic acids is 1. The Hall–Kier alpha value is -2.06. The van der Waals surface area contributed by atoms with E-state index >= 15 is 0 Å². The highest BCUT2D eigenvalue weighted by Crippen LogP contribution is 2.35. The first-order valence-corrected chi connectivity index (χ1v) is 9.38. The third-order valence-electron chi connectivity index (χ3n) is 3.87. The lowest BCUT2D eigenvalue weighted by Crippen LogP contribution is -2.29. The van der Waals surface area contributed by atoms with Gasteiger partial charge < -0.3 is 14.6 Å². The average Bonchev–Trinajstić information content (AvgIpc) is 2.88. The molecule has 6 nitrogen and oxygen atoms in total. The number of carboxylic acids is 1. The largest absolute Gasteiger partial charge is 0.497 e. The second-order valence-electron chi connectivity index (χ2n) is 5.65. The summed E-state index contributed by atoms with van der Waals surface area (Å²) >= 11 is 6.57. The Morgan fingerprint density at radius 3 is 2.69 bits per heavy atom. The van der Waals surface area contributed by atoms with Gasteiger partial charge in [-0.1, -0.05) is 30.4 Å². The number of ether oxygens (including phenoxy) is 2. The number of carboxylic acid groups (broad SMARTS) is 1. The van der Waals surface area contributed by atoms with Crippen molar-refractivity contribution in [1.29, 1.82) is 0 Å². The van der Waals surface area contributed by atoms with E-state index in [0.717, 1.165) is 18.4 Å². The number of amides is 1. The van der Waals surface area contributed by atoms with E-state index in [9.17, 15) is 9.59 Å². The molecule has 0 radical (unpaired) electrons. The maximum Gasteiger partial charge on any atom is 0.303 e. The molecule has 0 saturated carbocycles. The maximum absolute atomic E-state index is 12.6. The van der Waals surface area contributed by atoms with Crippen LogP contribution in [-0.4, -0.2) is 47.0 Å². The first kappa shape index (κ1) is 20.3. The van der Waals surface area contributed by atoms with Crippen molar-refractivity contribution in [2.45, 2.75) is 25.7 Å². The van der Waals surface area contributed by atoms with Crippen molar-refractivity contribution in [3.05, 3.63) is 28.7 Å². The molecule has 1 heterocycles. The molecule has 0 bridgehead atoms. The van der Waals surface area contributed by atoms with Gasteiger partial charge in [-0.3, -0.25) is 14.5 Å². The molecule has 26 heavy (non-hydrogen) atoms. The summed E-state index contributed by atoms with van der Waals surface area (Å²) in [6.45, 7) is 0.497. The lowest BCUT2D eigenvalue weighted by Gasteiger charge is -2.13. The third-order valence-corrected chi connectivity index (χ3v) is 5.25. The van der Waals surface area contributed by atoms with Crippen molar-refractivity contribution in [3.8, 4) is 11.5 Å². The summed E-state index contributed by atoms with van der Waals surface area (Å²) in [7, 11) is 3.15. The third kappa shape index (κ3) is 5.22. The Balaban J connectivity index is 2.06. The number of thioether (sulfide) groups is 1. The molecule has 0 aromatic heterocycles. The van der Waals surface area contributed by atoms with Crippen molar-refractivity contribution >= 4 is 46.3 Å². The highest BCUT2D eigenvalue weighted by Gasteiger charge is 2.31. The fraction of sp³-hybridized carbons (Fsp3) is 0.389. The molecule has 2 rings (SSSR count). The number of methoxy groups -OCH3 is 2. The van der Waals surface area contributed by atoms with Gasteiger partial charge in [0, 0.05) is 18.5 Å². The van der Waals surface area contributed by atoms with E-state index in [1.807, 2.05) is 0 Å². The van der Waals surface area contributed by atoms with Crippen LogP contribution in [0.15, 0.2) is 23.1 Å². The number of thiocarbonyl (C=S) groups is 1. The number of benzene rings is 1. The van der Waals surface area contributed by atoms with Crippen LogP contribution in [0.4, 0.5) is 0 Å². The molecule has 0 spiro atoms. The summed E-state index contributed by atoms with van der Waals surface area (Å²) in [5, 5.41) is 8.65. The van der Waals surface area contributed by atoms with Crippen LogP contribution in [0.2, 0.25) is 0 Å². The lowest BCUT2D eigenvalue weighted by atomic mass is 10.1. The highest BCUT2D eigenvalue weighted by molar-refractivity contribution is 8.26. The second-order valence-corrected chi connectivity index (χ2v) is 7.32. The monoisotopic (exact) mass is 395 g/mol. The van der Waals surface area contributed by atoms with E-state index in [1.165, 1.54) is 11.8 Å². The molecule has 0 aliphatic carbocycles. The van der Waals surface area contributed by atoms with Crippen molar-refractivity contribution in [2.24, 2.45) is 0 Å². The average molecular weight is 396 g/mol. The summed E-state index contributed by atoms with van der Waals surface area (Å²) in [5.74, 6) is 0.379. The molecule has 0 atom stereocenters. The van der Waals surface area contributed by atoms with E-state index in [4.69, 9.17) is 26.8 Å². The number of carbonyl (C=O) groups excluding carboxylic acids is 1. The quantitative estimate of drug-likeness (QED) is 0.389. The molecule has 1 N–H and O–H groups in total. The number of hydrogen-bond donors (Lipinski definition) is 1. The SMILES string of the molecule is COc1ccc(OC)c(/C=C2\SC(=S)N(CCCCCC(=O)O)C2=O)c1. The minimum absolute atomic E-state index is 0.136. The van der Waals surface area contributed by atoms with Crippen LogP contribution in [0.3, 0.4) is 0 Å². The van der Waals surface area contributed by atoms with E-state index in [1.54, 1.807) is 43.4 Å². The molecule has 1 saturated heterocycles. The van der Waals surface area contributed by atoms with Crippen LogP contribution in [-0.2, 0) is 9.59 Å². The van der Waals surface area contributed by atoms with Crippen molar-refractivity contribution in [2.75, 3.05) is 20.8 Å². The fourth-order valence-corrected chi connectivity index (χ4v) is 3.81. The topological polar surface area (TPSA) is 76.1 Å². The van der Waals surface area contributed by atoms with Crippen LogP contribution in [0.1, 0.15) is 31.2 Å². The van der Waals surface area contributed by atoms with Crippen LogP contribution in [0.5, 0.6) is 11.5 Å². The molecule has 8 heteroatoms. The Morgan fingerprint density at radius 1 is 1.27 bits per heavy atom. The van der Waals surface area contributed by atoms with Gasteiger partial charge in [-0.25, -0.2) is 0 Å². The van der Waals surface area contributed by atoms with Gasteiger partial charge in [0.25, 0.3) is 5.91 Å². The zero-order valence-corrected chi connectivity index (χ0v) is 16.3. The maximum atomic E-state index is 12.6. The van der Waals surface area contributed by atoms with Crippen molar-refractivity contribution in [3.63, 3.8) is 0 Å². The molecular weight excluding hydrogens is 374 g/mol. The molecule has 1 aliphatic heterocycles. The zero-order chi connectivity index (χ0) is 19.1. The Morgan fingerprint density at radius 2 is 2.04 bits per heavy atom. The van der Waals surface area contributed by atoms with Crippen LogP contribution >= 0.6 is 24.0 Å². The number of hydrogen-bond acceptors (Lipinski definition) is 6. The van der Waals surface area contributed by atoms with Gasteiger partial charge in [-0.05, 0) is 37.1 Å². The molecule has 140 valence electrons. The van der Waals surface area contributed by atoms with Gasteiger partial charge in [-0.15, -0.1) is 0 Å². The van der Waals surface area contributed by atoms with Crippen LogP contribution in [0.25, 0.3) is 6.08 Å². The Kier molecular flexibility index (Phi) is 7.47.